The van der Waals surface area contributed by atoms with Crippen LogP contribution in [0.15, 0.2) is 36.4 Å². The van der Waals surface area contributed by atoms with Gasteiger partial charge in [-0.2, -0.15) is 0 Å². The summed E-state index contributed by atoms with van der Waals surface area (Å²) in [5.41, 5.74) is 1.84. The number of quaternary nitrogens is 1. The Morgan fingerprint density at radius 3 is 2.41 bits per heavy atom. The van der Waals surface area contributed by atoms with Crippen molar-refractivity contribution in [3.05, 3.63) is 62.6 Å². The lowest BCUT2D eigenvalue weighted by molar-refractivity contribution is -0.671. The number of hydrogen-bond donors (Lipinski definition) is 2. The van der Waals surface area contributed by atoms with E-state index in [-0.39, 0.29) is 6.61 Å². The summed E-state index contributed by atoms with van der Waals surface area (Å²) in [4.78, 5) is 0. The first kappa shape index (κ1) is 17.4. The molecule has 0 atom stereocenters. The Bertz CT molecular complexity index is 635. The molecule has 0 bridgehead atoms. The molecule has 0 amide bonds. The Morgan fingerprint density at radius 2 is 1.68 bits per heavy atom. The van der Waals surface area contributed by atoms with Crippen molar-refractivity contribution in [1.82, 2.24) is 0 Å². The maximum atomic E-state index is 8.86. The standard InChI is InChI=1S/C16H16Cl3NO2/c17-13-3-4-16(12(7-13)9-20-5-6-21)22-10-11-1-2-14(18)8-15(11)19/h1-4,7-8,20-21H,5-6,9-10H2/p+1. The third kappa shape index (κ3) is 5.04. The van der Waals surface area contributed by atoms with Crippen LogP contribution < -0.4 is 10.1 Å². The molecule has 22 heavy (non-hydrogen) atoms. The molecule has 3 N–H and O–H groups in total. The van der Waals surface area contributed by atoms with Crippen molar-refractivity contribution >= 4 is 34.8 Å². The molecule has 0 radical (unpaired) electrons. The van der Waals surface area contributed by atoms with Gasteiger partial charge in [0.2, 0.25) is 0 Å². The lowest BCUT2D eigenvalue weighted by atomic mass is 10.2. The fraction of sp³-hybridized carbons (Fsp3) is 0.250. The molecule has 2 aromatic rings. The minimum Gasteiger partial charge on any atom is -0.488 e. The molecule has 0 aliphatic carbocycles. The molecule has 0 saturated carbocycles. The monoisotopic (exact) mass is 360 g/mol. The Kier molecular flexibility index (Phi) is 6.80. The second kappa shape index (κ2) is 8.61. The molecule has 0 aromatic heterocycles. The SMILES string of the molecule is OCC[NH2+]Cc1cc(Cl)ccc1OCc1ccc(Cl)cc1Cl. The van der Waals surface area contributed by atoms with E-state index >= 15 is 0 Å². The summed E-state index contributed by atoms with van der Waals surface area (Å²) in [6, 6.07) is 10.8. The number of benzene rings is 2. The zero-order valence-electron chi connectivity index (χ0n) is 11.9. The van der Waals surface area contributed by atoms with Crippen molar-refractivity contribution in [2.24, 2.45) is 0 Å². The van der Waals surface area contributed by atoms with Crippen molar-refractivity contribution in [3.63, 3.8) is 0 Å². The maximum absolute atomic E-state index is 8.86. The summed E-state index contributed by atoms with van der Waals surface area (Å²) < 4.78 is 5.86. The number of aliphatic hydroxyl groups excluding tert-OH is 1. The van der Waals surface area contributed by atoms with Crippen molar-refractivity contribution < 1.29 is 15.2 Å². The Balaban J connectivity index is 2.08. The molecular weight excluding hydrogens is 345 g/mol. The lowest BCUT2D eigenvalue weighted by Gasteiger charge is -2.12. The van der Waals surface area contributed by atoms with Crippen molar-refractivity contribution in [2.75, 3.05) is 13.2 Å². The van der Waals surface area contributed by atoms with E-state index in [1.54, 1.807) is 18.2 Å². The minimum absolute atomic E-state index is 0.136. The highest BCUT2D eigenvalue weighted by Gasteiger charge is 2.09. The van der Waals surface area contributed by atoms with Gasteiger partial charge in [0.25, 0.3) is 0 Å². The van der Waals surface area contributed by atoms with Crippen LogP contribution in [-0.2, 0) is 13.2 Å². The van der Waals surface area contributed by atoms with Gasteiger partial charge >= 0.3 is 0 Å². The van der Waals surface area contributed by atoms with E-state index in [1.807, 2.05) is 23.5 Å². The fourth-order valence-electron chi connectivity index (χ4n) is 1.99. The fourth-order valence-corrected chi connectivity index (χ4v) is 2.65. The molecule has 6 heteroatoms. The predicted molar refractivity (Wildman–Crippen MR) is 89.8 cm³/mol. The van der Waals surface area contributed by atoms with Gasteiger partial charge in [0.15, 0.2) is 0 Å². The lowest BCUT2D eigenvalue weighted by Crippen LogP contribution is -2.83. The first-order valence-electron chi connectivity index (χ1n) is 6.88. The molecule has 0 aliphatic heterocycles. The molecular formula is C16H17Cl3NO2+. The average molecular weight is 362 g/mol. The van der Waals surface area contributed by atoms with Crippen molar-refractivity contribution in [1.29, 1.82) is 0 Å². The summed E-state index contributed by atoms with van der Waals surface area (Å²) in [5, 5.41) is 12.7. The van der Waals surface area contributed by atoms with E-state index in [4.69, 9.17) is 44.6 Å². The van der Waals surface area contributed by atoms with E-state index in [0.717, 1.165) is 16.9 Å². The highest BCUT2D eigenvalue weighted by atomic mass is 35.5. The number of rotatable bonds is 7. The zero-order valence-corrected chi connectivity index (χ0v) is 14.1. The van der Waals surface area contributed by atoms with E-state index < -0.39 is 0 Å². The van der Waals surface area contributed by atoms with Crippen LogP contribution >= 0.6 is 34.8 Å². The largest absolute Gasteiger partial charge is 0.488 e. The van der Waals surface area contributed by atoms with Gasteiger partial charge in [-0.05, 0) is 30.3 Å². The normalized spacial score (nSPS) is 10.7. The van der Waals surface area contributed by atoms with Crippen LogP contribution in [0.4, 0.5) is 0 Å². The van der Waals surface area contributed by atoms with Gasteiger partial charge in [-0.3, -0.25) is 0 Å². The molecule has 2 aromatic carbocycles. The van der Waals surface area contributed by atoms with E-state index in [9.17, 15) is 0 Å². The van der Waals surface area contributed by atoms with Crippen LogP contribution in [0.5, 0.6) is 5.75 Å². The molecule has 0 spiro atoms. The first-order valence-corrected chi connectivity index (χ1v) is 8.01. The molecule has 0 fully saturated rings. The van der Waals surface area contributed by atoms with Gasteiger partial charge in [-0.25, -0.2) is 0 Å². The molecule has 0 saturated heterocycles. The Labute approximate surface area is 144 Å². The van der Waals surface area contributed by atoms with Gasteiger partial charge in [0.05, 0.1) is 13.2 Å². The van der Waals surface area contributed by atoms with Gasteiger partial charge < -0.3 is 15.2 Å². The van der Waals surface area contributed by atoms with Crippen molar-refractivity contribution in [3.8, 4) is 5.75 Å². The van der Waals surface area contributed by atoms with Gasteiger partial charge in [-0.1, -0.05) is 40.9 Å². The number of aliphatic hydroxyl groups is 1. The first-order chi connectivity index (χ1) is 10.6. The Hall–Kier alpha value is -0.970. The van der Waals surface area contributed by atoms with Crippen LogP contribution in [0.2, 0.25) is 15.1 Å². The minimum atomic E-state index is 0.136. The number of hydrogen-bond acceptors (Lipinski definition) is 2. The molecule has 0 unspecified atom stereocenters. The summed E-state index contributed by atoms with van der Waals surface area (Å²) in [6.45, 7) is 1.81. The quantitative estimate of drug-likeness (QED) is 0.743. The van der Waals surface area contributed by atoms with E-state index in [1.165, 1.54) is 0 Å². The molecule has 0 aliphatic rings. The highest BCUT2D eigenvalue weighted by Crippen LogP contribution is 2.26. The van der Waals surface area contributed by atoms with E-state index in [2.05, 4.69) is 0 Å². The van der Waals surface area contributed by atoms with Crippen molar-refractivity contribution in [2.45, 2.75) is 13.2 Å². The summed E-state index contributed by atoms with van der Waals surface area (Å²) in [6.07, 6.45) is 0. The third-order valence-corrected chi connectivity index (χ3v) is 3.94. The van der Waals surface area contributed by atoms with Crippen LogP contribution in [0.3, 0.4) is 0 Å². The molecule has 2 rings (SSSR count). The van der Waals surface area contributed by atoms with Crippen LogP contribution in [-0.4, -0.2) is 18.3 Å². The smallest absolute Gasteiger partial charge is 0.128 e. The second-order valence-electron chi connectivity index (χ2n) is 4.78. The van der Waals surface area contributed by atoms with Gasteiger partial charge in [-0.15, -0.1) is 0 Å². The van der Waals surface area contributed by atoms with Gasteiger partial charge in [0, 0.05) is 26.2 Å². The third-order valence-electron chi connectivity index (χ3n) is 3.12. The second-order valence-corrected chi connectivity index (χ2v) is 6.06. The Morgan fingerprint density at radius 1 is 0.955 bits per heavy atom. The zero-order chi connectivity index (χ0) is 15.9. The number of nitrogens with two attached hydrogens (primary N) is 1. The van der Waals surface area contributed by atoms with Crippen LogP contribution in [0.25, 0.3) is 0 Å². The summed E-state index contributed by atoms with van der Waals surface area (Å²) in [5.74, 6) is 0.754. The van der Waals surface area contributed by atoms with Crippen LogP contribution in [0, 0.1) is 0 Å². The number of ether oxygens (including phenoxy) is 1. The number of halogens is 3. The molecule has 118 valence electrons. The summed E-state index contributed by atoms with van der Waals surface area (Å²) >= 11 is 18.1. The molecule has 0 heterocycles. The molecule has 3 nitrogen and oxygen atoms in total. The highest BCUT2D eigenvalue weighted by molar-refractivity contribution is 6.35. The van der Waals surface area contributed by atoms with Crippen LogP contribution in [0.1, 0.15) is 11.1 Å². The van der Waals surface area contributed by atoms with Gasteiger partial charge in [0.1, 0.15) is 18.9 Å². The summed E-state index contributed by atoms with van der Waals surface area (Å²) in [7, 11) is 0. The average Bonchev–Trinajstić information content (AvgIpc) is 2.48. The maximum Gasteiger partial charge on any atom is 0.128 e. The predicted octanol–water partition coefficient (Wildman–Crippen LogP) is 3.28. The van der Waals surface area contributed by atoms with E-state index in [0.29, 0.717) is 34.8 Å². The topological polar surface area (TPSA) is 46.1 Å².